The molecule has 2 saturated heterocycles. The second-order valence-corrected chi connectivity index (χ2v) is 7.66. The Labute approximate surface area is 156 Å². The van der Waals surface area contributed by atoms with Crippen LogP contribution in [0.3, 0.4) is 0 Å². The number of aromatic nitrogens is 1. The number of hydrogen-bond acceptors (Lipinski definition) is 5. The molecule has 27 heavy (non-hydrogen) atoms. The molecule has 3 atom stereocenters. The molecule has 2 aliphatic rings. The standard InChI is InChI=1S/C20H22FN3O3/c1-19(21)11-22-7-6-20(19,27)14-2-4-16-12(9-14)8-13(10-23-16)15-3-5-17(25)24-18(15)26/h2,4,8-10,15,22,27H,3,5-7,11H2,1H3,(H,24,25,26). The summed E-state index contributed by atoms with van der Waals surface area (Å²) in [6, 6.07) is 7.06. The zero-order chi connectivity index (χ0) is 19.2. The van der Waals surface area contributed by atoms with E-state index in [4.69, 9.17) is 0 Å². The van der Waals surface area contributed by atoms with Crippen LogP contribution < -0.4 is 10.6 Å². The van der Waals surface area contributed by atoms with Gasteiger partial charge in [-0.25, -0.2) is 4.39 Å². The maximum absolute atomic E-state index is 15.1. The summed E-state index contributed by atoms with van der Waals surface area (Å²) in [5.41, 5.74) is -1.47. The largest absolute Gasteiger partial charge is 0.382 e. The van der Waals surface area contributed by atoms with Crippen LogP contribution in [-0.2, 0) is 15.2 Å². The molecule has 0 bridgehead atoms. The molecular weight excluding hydrogens is 349 g/mol. The van der Waals surface area contributed by atoms with E-state index in [1.807, 2.05) is 6.07 Å². The highest BCUT2D eigenvalue weighted by molar-refractivity contribution is 6.01. The summed E-state index contributed by atoms with van der Waals surface area (Å²) in [7, 11) is 0. The van der Waals surface area contributed by atoms with Crippen molar-refractivity contribution in [3.05, 3.63) is 41.6 Å². The van der Waals surface area contributed by atoms with E-state index in [1.54, 1.807) is 24.4 Å². The second-order valence-electron chi connectivity index (χ2n) is 7.66. The maximum atomic E-state index is 15.1. The minimum Gasteiger partial charge on any atom is -0.382 e. The van der Waals surface area contributed by atoms with Gasteiger partial charge in [0.15, 0.2) is 5.67 Å². The lowest BCUT2D eigenvalue weighted by molar-refractivity contribution is -0.134. The Morgan fingerprint density at radius 2 is 2.11 bits per heavy atom. The lowest BCUT2D eigenvalue weighted by Gasteiger charge is -2.43. The van der Waals surface area contributed by atoms with Crippen LogP contribution in [0.2, 0.25) is 0 Å². The van der Waals surface area contributed by atoms with Crippen LogP contribution in [0.5, 0.6) is 0 Å². The third-order valence-corrected chi connectivity index (χ3v) is 5.80. The third kappa shape index (κ3) is 3.00. The highest BCUT2D eigenvalue weighted by Gasteiger charge is 2.50. The first-order chi connectivity index (χ1) is 12.8. The molecule has 2 amide bonds. The fourth-order valence-corrected chi connectivity index (χ4v) is 4.05. The number of rotatable bonds is 2. The van der Waals surface area contributed by atoms with Gasteiger partial charge < -0.3 is 10.4 Å². The molecule has 2 aromatic rings. The van der Waals surface area contributed by atoms with E-state index in [9.17, 15) is 14.7 Å². The molecule has 3 heterocycles. The Kier molecular flexibility index (Phi) is 4.24. The van der Waals surface area contributed by atoms with Gasteiger partial charge in [-0.2, -0.15) is 0 Å². The minimum absolute atomic E-state index is 0.0795. The van der Waals surface area contributed by atoms with Gasteiger partial charge in [-0.3, -0.25) is 19.9 Å². The minimum atomic E-state index is -1.80. The summed E-state index contributed by atoms with van der Waals surface area (Å²) in [4.78, 5) is 27.9. The van der Waals surface area contributed by atoms with Crippen molar-refractivity contribution in [1.29, 1.82) is 0 Å². The zero-order valence-electron chi connectivity index (χ0n) is 15.1. The smallest absolute Gasteiger partial charge is 0.234 e. The van der Waals surface area contributed by atoms with Gasteiger partial charge in [0.1, 0.15) is 5.60 Å². The molecule has 0 radical (unpaired) electrons. The fourth-order valence-electron chi connectivity index (χ4n) is 4.05. The summed E-state index contributed by atoms with van der Waals surface area (Å²) >= 11 is 0. The number of fused-ring (bicyclic) bond motifs is 1. The van der Waals surface area contributed by atoms with E-state index in [0.717, 1.165) is 5.39 Å². The van der Waals surface area contributed by atoms with Crippen molar-refractivity contribution >= 4 is 22.7 Å². The van der Waals surface area contributed by atoms with Crippen LogP contribution in [0.4, 0.5) is 4.39 Å². The Balaban J connectivity index is 1.73. The van der Waals surface area contributed by atoms with E-state index < -0.39 is 17.2 Å². The molecule has 2 aliphatic heterocycles. The molecule has 1 aromatic carbocycles. The number of hydrogen-bond donors (Lipinski definition) is 3. The maximum Gasteiger partial charge on any atom is 0.234 e. The summed E-state index contributed by atoms with van der Waals surface area (Å²) < 4.78 is 15.1. The molecule has 0 aliphatic carbocycles. The summed E-state index contributed by atoms with van der Waals surface area (Å²) in [5, 5.41) is 17.1. The van der Waals surface area contributed by atoms with E-state index in [1.165, 1.54) is 6.92 Å². The van der Waals surface area contributed by atoms with Crippen LogP contribution >= 0.6 is 0 Å². The van der Waals surface area contributed by atoms with Gasteiger partial charge in [-0.05, 0) is 55.6 Å². The Morgan fingerprint density at radius 1 is 1.30 bits per heavy atom. The van der Waals surface area contributed by atoms with Gasteiger partial charge in [0.05, 0.1) is 11.4 Å². The monoisotopic (exact) mass is 371 g/mol. The van der Waals surface area contributed by atoms with Crippen LogP contribution in [0.1, 0.15) is 43.2 Å². The van der Waals surface area contributed by atoms with Gasteiger partial charge in [-0.15, -0.1) is 0 Å². The van der Waals surface area contributed by atoms with Gasteiger partial charge >= 0.3 is 0 Å². The van der Waals surface area contributed by atoms with E-state index in [0.29, 0.717) is 36.0 Å². The molecular formula is C20H22FN3O3. The number of imide groups is 1. The van der Waals surface area contributed by atoms with Crippen LogP contribution in [0.15, 0.2) is 30.5 Å². The van der Waals surface area contributed by atoms with Gasteiger partial charge in [0.25, 0.3) is 0 Å². The molecule has 7 heteroatoms. The zero-order valence-corrected chi connectivity index (χ0v) is 15.1. The predicted octanol–water partition coefficient (Wildman–Crippen LogP) is 1.66. The number of benzene rings is 1. The third-order valence-electron chi connectivity index (χ3n) is 5.80. The Bertz CT molecular complexity index is 930. The van der Waals surface area contributed by atoms with E-state index in [-0.39, 0.29) is 24.8 Å². The highest BCUT2D eigenvalue weighted by Crippen LogP contribution is 2.41. The number of carbonyl (C=O) groups is 2. The number of nitrogens with one attached hydrogen (secondary N) is 2. The average molecular weight is 371 g/mol. The number of piperidine rings is 2. The number of amides is 2. The van der Waals surface area contributed by atoms with Crippen LogP contribution in [0, 0.1) is 0 Å². The molecule has 4 rings (SSSR count). The van der Waals surface area contributed by atoms with Gasteiger partial charge in [0.2, 0.25) is 11.8 Å². The van der Waals surface area contributed by atoms with Gasteiger partial charge in [-0.1, -0.05) is 6.07 Å². The number of nitrogens with zero attached hydrogens (tertiary/aromatic N) is 1. The predicted molar refractivity (Wildman–Crippen MR) is 97.8 cm³/mol. The molecule has 6 nitrogen and oxygen atoms in total. The molecule has 2 fully saturated rings. The van der Waals surface area contributed by atoms with E-state index in [2.05, 4.69) is 15.6 Å². The molecule has 3 N–H and O–H groups in total. The lowest BCUT2D eigenvalue weighted by Crippen LogP contribution is -2.57. The van der Waals surface area contributed by atoms with Crippen molar-refractivity contribution in [2.45, 2.75) is 43.4 Å². The second kappa shape index (κ2) is 6.35. The topological polar surface area (TPSA) is 91.3 Å². The molecule has 1 aromatic heterocycles. The number of halogens is 1. The van der Waals surface area contributed by atoms with Gasteiger partial charge in [0, 0.05) is 24.5 Å². The highest BCUT2D eigenvalue weighted by atomic mass is 19.1. The van der Waals surface area contributed by atoms with Crippen molar-refractivity contribution in [1.82, 2.24) is 15.6 Å². The first-order valence-corrected chi connectivity index (χ1v) is 9.16. The quantitative estimate of drug-likeness (QED) is 0.699. The van der Waals surface area contributed by atoms with Crippen molar-refractivity contribution in [2.24, 2.45) is 0 Å². The Hall–Kier alpha value is -2.38. The van der Waals surface area contributed by atoms with Crippen LogP contribution in [0.25, 0.3) is 10.9 Å². The molecule has 0 spiro atoms. The first kappa shape index (κ1) is 18.0. The van der Waals surface area contributed by atoms with Crippen molar-refractivity contribution in [3.8, 4) is 0 Å². The molecule has 3 unspecified atom stereocenters. The Morgan fingerprint density at radius 3 is 2.85 bits per heavy atom. The molecule has 0 saturated carbocycles. The van der Waals surface area contributed by atoms with Crippen molar-refractivity contribution in [2.75, 3.05) is 13.1 Å². The number of pyridine rings is 1. The van der Waals surface area contributed by atoms with Crippen molar-refractivity contribution < 1.29 is 19.1 Å². The summed E-state index contributed by atoms with van der Waals surface area (Å²) in [5.74, 6) is -1.02. The molecule has 142 valence electrons. The average Bonchev–Trinajstić information content (AvgIpc) is 2.63. The normalized spacial score (nSPS) is 31.7. The lowest BCUT2D eigenvalue weighted by atomic mass is 9.75. The number of aliphatic hydroxyl groups is 1. The number of alkyl halides is 1. The van der Waals surface area contributed by atoms with Crippen molar-refractivity contribution in [3.63, 3.8) is 0 Å². The summed E-state index contributed by atoms with van der Waals surface area (Å²) in [6.07, 6.45) is 2.64. The first-order valence-electron chi connectivity index (χ1n) is 9.16. The van der Waals surface area contributed by atoms with Crippen LogP contribution in [-0.4, -0.2) is 40.7 Å². The SMILES string of the molecule is CC1(F)CNCCC1(O)c1ccc2ncc(C3CCC(=O)NC3=O)cc2c1. The fraction of sp³-hybridized carbons (Fsp3) is 0.450. The van der Waals surface area contributed by atoms with E-state index >= 15 is 4.39 Å². The number of carbonyl (C=O) groups excluding carboxylic acids is 2. The summed E-state index contributed by atoms with van der Waals surface area (Å²) in [6.45, 7) is 2.01.